The third-order valence-corrected chi connectivity index (χ3v) is 5.21. The number of thiophene rings is 1. The molecule has 5 atom stereocenters. The van der Waals surface area contributed by atoms with Crippen LogP contribution in [-0.2, 0) is 57.1 Å². The molecule has 0 amide bonds. The highest BCUT2D eigenvalue weighted by atomic mass is 32.1. The molecule has 0 radical (unpaired) electrons. The minimum Gasteiger partial charge on any atom is -0.463 e. The Labute approximate surface area is 205 Å². The summed E-state index contributed by atoms with van der Waals surface area (Å²) >= 11 is 1.31. The van der Waals surface area contributed by atoms with Crippen LogP contribution in [0.2, 0.25) is 0 Å². The zero-order chi connectivity index (χ0) is 26.1. The molecular weight excluding hydrogens is 488 g/mol. The fourth-order valence-corrected chi connectivity index (χ4v) is 3.80. The van der Waals surface area contributed by atoms with Crippen molar-refractivity contribution < 1.29 is 57.1 Å². The monoisotopic (exact) mass is 514 g/mol. The van der Waals surface area contributed by atoms with Crippen LogP contribution < -0.4 is 0 Å². The average molecular weight is 515 g/mol. The van der Waals surface area contributed by atoms with Gasteiger partial charge in [-0.3, -0.25) is 19.2 Å². The number of hydrogen-bond donors (Lipinski definition) is 0. The first-order valence-corrected chi connectivity index (χ1v) is 11.2. The van der Waals surface area contributed by atoms with Gasteiger partial charge in [0.2, 0.25) is 18.2 Å². The highest BCUT2D eigenvalue weighted by Crippen LogP contribution is 2.31. The molecule has 0 spiro atoms. The van der Waals surface area contributed by atoms with Gasteiger partial charge in [-0.15, -0.1) is 11.3 Å². The van der Waals surface area contributed by atoms with Crippen LogP contribution in [-0.4, -0.2) is 74.3 Å². The molecule has 2 heterocycles. The van der Waals surface area contributed by atoms with Crippen molar-refractivity contribution in [1.29, 1.82) is 0 Å². The zero-order valence-corrected chi connectivity index (χ0v) is 20.5. The molecule has 0 aliphatic carbocycles. The molecule has 13 heteroatoms. The maximum Gasteiger partial charge on any atom is 0.373 e. The number of ether oxygens (including phenoxy) is 7. The molecule has 0 bridgehead atoms. The van der Waals surface area contributed by atoms with Crippen LogP contribution in [0.25, 0.3) is 6.08 Å². The molecule has 0 unspecified atom stereocenters. The summed E-state index contributed by atoms with van der Waals surface area (Å²) in [6.45, 7) is 4.02. The van der Waals surface area contributed by atoms with E-state index in [0.29, 0.717) is 4.88 Å². The zero-order valence-electron chi connectivity index (χ0n) is 19.7. The van der Waals surface area contributed by atoms with Crippen LogP contribution in [0.15, 0.2) is 23.3 Å². The maximum atomic E-state index is 12.4. The Morgan fingerprint density at radius 2 is 1.49 bits per heavy atom. The Morgan fingerprint density at radius 1 is 0.886 bits per heavy atom. The quantitative estimate of drug-likeness (QED) is 0.203. The highest BCUT2D eigenvalue weighted by Gasteiger charge is 2.53. The maximum absolute atomic E-state index is 12.4. The first-order valence-electron chi connectivity index (χ1n) is 10.3. The lowest BCUT2D eigenvalue weighted by molar-refractivity contribution is -0.299. The molecular formula is C22H26O12S. The van der Waals surface area contributed by atoms with E-state index in [1.165, 1.54) is 17.4 Å². The van der Waals surface area contributed by atoms with Crippen molar-refractivity contribution in [2.45, 2.75) is 58.4 Å². The second kappa shape index (κ2) is 12.9. The summed E-state index contributed by atoms with van der Waals surface area (Å²) in [5, 5.41) is 1.77. The second-order valence-corrected chi connectivity index (χ2v) is 8.18. The van der Waals surface area contributed by atoms with Crippen molar-refractivity contribution in [1.82, 2.24) is 0 Å². The standard InChI is InChI=1S/C22H26O12S/c1-11(23)29-10-17-18(30-12(2)24)19(31-13(3)25)20(32-14(4)26)22(34-17)33-16(21(27)28-5)9-15-7-6-8-35-15/h6-9,17-20,22H,10H2,1-5H3/t17-,18-,19+,20-,22-/m0/s1. The molecule has 2 rings (SSSR count). The van der Waals surface area contributed by atoms with Gasteiger partial charge in [-0.05, 0) is 11.4 Å². The Kier molecular flexibility index (Phi) is 10.2. The highest BCUT2D eigenvalue weighted by molar-refractivity contribution is 7.10. The first-order chi connectivity index (χ1) is 16.5. The Balaban J connectivity index is 2.52. The Bertz CT molecular complexity index is 954. The van der Waals surface area contributed by atoms with Crippen molar-refractivity contribution in [3.63, 3.8) is 0 Å². The molecule has 0 aromatic carbocycles. The number of rotatable bonds is 9. The molecule has 1 saturated heterocycles. The third-order valence-electron chi connectivity index (χ3n) is 4.39. The van der Waals surface area contributed by atoms with Gasteiger partial charge in [-0.2, -0.15) is 0 Å². The van der Waals surface area contributed by atoms with Crippen LogP contribution in [0, 0.1) is 0 Å². The van der Waals surface area contributed by atoms with E-state index in [9.17, 15) is 24.0 Å². The van der Waals surface area contributed by atoms with E-state index in [1.54, 1.807) is 17.5 Å². The van der Waals surface area contributed by atoms with E-state index in [4.69, 9.17) is 33.2 Å². The average Bonchev–Trinajstić information content (AvgIpc) is 3.27. The molecule has 192 valence electrons. The summed E-state index contributed by atoms with van der Waals surface area (Å²) < 4.78 is 37.3. The summed E-state index contributed by atoms with van der Waals surface area (Å²) in [5.74, 6) is -4.20. The SMILES string of the molecule is COC(=O)C(=Cc1cccs1)O[C@H]1O[C@@H](COC(C)=O)[C@H](OC(C)=O)[C@@H](OC(C)=O)[C@@H]1OC(C)=O. The number of hydrogen-bond acceptors (Lipinski definition) is 13. The predicted octanol–water partition coefficient (Wildman–Crippen LogP) is 1.36. The lowest BCUT2D eigenvalue weighted by Crippen LogP contribution is -2.63. The van der Waals surface area contributed by atoms with Gasteiger partial charge < -0.3 is 33.2 Å². The second-order valence-electron chi connectivity index (χ2n) is 7.20. The van der Waals surface area contributed by atoms with Crippen LogP contribution in [0.3, 0.4) is 0 Å². The first kappa shape index (κ1) is 27.8. The van der Waals surface area contributed by atoms with Crippen molar-refractivity contribution in [3.05, 3.63) is 28.1 Å². The summed E-state index contributed by atoms with van der Waals surface area (Å²) in [6, 6.07) is 3.46. The lowest BCUT2D eigenvalue weighted by atomic mass is 9.98. The van der Waals surface area contributed by atoms with Crippen LogP contribution in [0.5, 0.6) is 0 Å². The molecule has 1 aliphatic heterocycles. The van der Waals surface area contributed by atoms with Crippen LogP contribution in [0.4, 0.5) is 0 Å². The molecule has 0 N–H and O–H groups in total. The minimum atomic E-state index is -1.55. The Morgan fingerprint density at radius 3 is 2.00 bits per heavy atom. The van der Waals surface area contributed by atoms with Crippen molar-refractivity contribution in [3.8, 4) is 0 Å². The fraction of sp³-hybridized carbons (Fsp3) is 0.500. The molecule has 1 aromatic heterocycles. The largest absolute Gasteiger partial charge is 0.463 e. The van der Waals surface area contributed by atoms with Crippen LogP contribution >= 0.6 is 11.3 Å². The molecule has 1 aromatic rings. The van der Waals surface area contributed by atoms with Crippen molar-refractivity contribution in [2.75, 3.05) is 13.7 Å². The van der Waals surface area contributed by atoms with Gasteiger partial charge in [-0.25, -0.2) is 4.79 Å². The Hall–Kier alpha value is -3.45. The smallest absolute Gasteiger partial charge is 0.373 e. The molecule has 35 heavy (non-hydrogen) atoms. The molecule has 1 aliphatic rings. The third kappa shape index (κ3) is 8.37. The topological polar surface area (TPSA) is 150 Å². The summed E-state index contributed by atoms with van der Waals surface area (Å²) in [4.78, 5) is 60.0. The van der Waals surface area contributed by atoms with Gasteiger partial charge in [0, 0.05) is 38.6 Å². The van der Waals surface area contributed by atoms with Gasteiger partial charge >= 0.3 is 29.8 Å². The summed E-state index contributed by atoms with van der Waals surface area (Å²) in [6.07, 6.45) is -5.65. The minimum absolute atomic E-state index is 0.309. The normalized spacial score (nSPS) is 24.0. The fourth-order valence-electron chi connectivity index (χ4n) is 3.15. The van der Waals surface area contributed by atoms with Gasteiger partial charge in [0.25, 0.3) is 0 Å². The number of carbonyl (C=O) groups excluding carboxylic acids is 5. The predicted molar refractivity (Wildman–Crippen MR) is 117 cm³/mol. The van der Waals surface area contributed by atoms with Gasteiger partial charge in [0.05, 0.1) is 7.11 Å². The number of carbonyl (C=O) groups is 5. The van der Waals surface area contributed by atoms with E-state index in [2.05, 4.69) is 0 Å². The van der Waals surface area contributed by atoms with E-state index < -0.39 is 67.2 Å². The van der Waals surface area contributed by atoms with Gasteiger partial charge in [0.1, 0.15) is 12.7 Å². The molecule has 0 saturated carbocycles. The van der Waals surface area contributed by atoms with Crippen LogP contribution in [0.1, 0.15) is 32.6 Å². The van der Waals surface area contributed by atoms with Gasteiger partial charge in [0.15, 0.2) is 12.2 Å². The van der Waals surface area contributed by atoms with E-state index >= 15 is 0 Å². The van der Waals surface area contributed by atoms with Crippen molar-refractivity contribution >= 4 is 47.3 Å². The number of esters is 5. The van der Waals surface area contributed by atoms with Gasteiger partial charge in [-0.1, -0.05) is 6.07 Å². The molecule has 12 nitrogen and oxygen atoms in total. The summed E-state index contributed by atoms with van der Waals surface area (Å²) in [5.41, 5.74) is 0. The lowest BCUT2D eigenvalue weighted by Gasteiger charge is -2.43. The summed E-state index contributed by atoms with van der Waals surface area (Å²) in [7, 11) is 1.14. The van der Waals surface area contributed by atoms with Crippen molar-refractivity contribution in [2.24, 2.45) is 0 Å². The molecule has 1 fully saturated rings. The van der Waals surface area contributed by atoms with E-state index in [-0.39, 0.29) is 5.76 Å². The van der Waals surface area contributed by atoms with E-state index in [1.807, 2.05) is 0 Å². The number of methoxy groups -OCH3 is 1. The van der Waals surface area contributed by atoms with E-state index in [0.717, 1.165) is 34.8 Å².